The summed E-state index contributed by atoms with van der Waals surface area (Å²) in [4.78, 5) is 28.7. The molecule has 6 heteroatoms. The van der Waals surface area contributed by atoms with E-state index >= 15 is 0 Å². The summed E-state index contributed by atoms with van der Waals surface area (Å²) in [6.45, 7) is 5.94. The van der Waals surface area contributed by atoms with Gasteiger partial charge in [-0.3, -0.25) is 4.79 Å². The van der Waals surface area contributed by atoms with Gasteiger partial charge in [-0.25, -0.2) is 9.78 Å². The summed E-state index contributed by atoms with van der Waals surface area (Å²) in [6.07, 6.45) is 3.14. The monoisotopic (exact) mass is 330 g/mol. The SMILES string of the molecule is COc1ncccc1NC(=O)c1c(C)cc(CCC(C)C)oc1=O. The summed E-state index contributed by atoms with van der Waals surface area (Å²) < 4.78 is 10.4. The highest BCUT2D eigenvalue weighted by Gasteiger charge is 2.18. The highest BCUT2D eigenvalue weighted by atomic mass is 16.5. The molecule has 0 aliphatic heterocycles. The topological polar surface area (TPSA) is 81.4 Å². The van der Waals surface area contributed by atoms with Crippen LogP contribution in [0.1, 0.15) is 41.9 Å². The van der Waals surface area contributed by atoms with Gasteiger partial charge in [-0.05, 0) is 43.0 Å². The first-order valence-corrected chi connectivity index (χ1v) is 7.86. The quantitative estimate of drug-likeness (QED) is 0.879. The summed E-state index contributed by atoms with van der Waals surface area (Å²) in [7, 11) is 1.46. The normalized spacial score (nSPS) is 10.7. The Balaban J connectivity index is 2.25. The maximum atomic E-state index is 12.4. The Hall–Kier alpha value is -2.63. The van der Waals surface area contributed by atoms with Crippen LogP contribution in [0, 0.1) is 12.8 Å². The fraction of sp³-hybridized carbons (Fsp3) is 0.389. The van der Waals surface area contributed by atoms with Crippen LogP contribution in [0.15, 0.2) is 33.6 Å². The van der Waals surface area contributed by atoms with Gasteiger partial charge < -0.3 is 14.5 Å². The van der Waals surface area contributed by atoms with Crippen molar-refractivity contribution in [1.82, 2.24) is 4.98 Å². The summed E-state index contributed by atoms with van der Waals surface area (Å²) in [6, 6.07) is 5.07. The molecule has 0 aliphatic carbocycles. The molecule has 0 bridgehead atoms. The zero-order valence-electron chi connectivity index (χ0n) is 14.4. The number of hydrogen-bond acceptors (Lipinski definition) is 5. The molecule has 0 radical (unpaired) electrons. The van der Waals surface area contributed by atoms with E-state index in [-0.39, 0.29) is 11.4 Å². The molecule has 2 heterocycles. The van der Waals surface area contributed by atoms with Crippen molar-refractivity contribution in [2.75, 3.05) is 12.4 Å². The lowest BCUT2D eigenvalue weighted by Crippen LogP contribution is -2.23. The number of methoxy groups -OCH3 is 1. The van der Waals surface area contributed by atoms with Crippen molar-refractivity contribution < 1.29 is 13.9 Å². The summed E-state index contributed by atoms with van der Waals surface area (Å²) in [5.74, 6) is 0.850. The Bertz CT molecular complexity index is 781. The Labute approximate surface area is 140 Å². The molecule has 0 atom stereocenters. The lowest BCUT2D eigenvalue weighted by atomic mass is 10.0. The Morgan fingerprint density at radius 2 is 2.17 bits per heavy atom. The molecule has 0 saturated heterocycles. The summed E-state index contributed by atoms with van der Waals surface area (Å²) >= 11 is 0. The minimum absolute atomic E-state index is 0.00537. The van der Waals surface area contributed by atoms with Crippen LogP contribution in [0.3, 0.4) is 0 Å². The average Bonchev–Trinajstić information content (AvgIpc) is 2.52. The van der Waals surface area contributed by atoms with E-state index in [1.807, 2.05) is 0 Å². The fourth-order valence-electron chi connectivity index (χ4n) is 2.33. The molecule has 0 unspecified atom stereocenters. The van der Waals surface area contributed by atoms with E-state index in [2.05, 4.69) is 24.1 Å². The van der Waals surface area contributed by atoms with Crippen molar-refractivity contribution in [2.24, 2.45) is 5.92 Å². The number of nitrogens with zero attached hydrogens (tertiary/aromatic N) is 1. The molecule has 24 heavy (non-hydrogen) atoms. The third kappa shape index (κ3) is 4.22. The molecule has 128 valence electrons. The largest absolute Gasteiger partial charge is 0.480 e. The molecular formula is C18H22N2O4. The minimum Gasteiger partial charge on any atom is -0.480 e. The number of aromatic nitrogens is 1. The standard InChI is InChI=1S/C18H22N2O4/c1-11(2)7-8-13-10-12(3)15(18(22)24-13)16(21)20-14-6-5-9-19-17(14)23-4/h5-6,9-11H,7-8H2,1-4H3,(H,20,21). The number of rotatable bonds is 6. The van der Waals surface area contributed by atoms with Crippen molar-refractivity contribution in [3.05, 3.63) is 51.7 Å². The van der Waals surface area contributed by atoms with Crippen LogP contribution in [0.5, 0.6) is 5.88 Å². The minimum atomic E-state index is -0.630. The maximum absolute atomic E-state index is 12.4. The third-order valence-electron chi connectivity index (χ3n) is 3.61. The zero-order valence-corrected chi connectivity index (χ0v) is 14.4. The highest BCUT2D eigenvalue weighted by Crippen LogP contribution is 2.21. The first-order valence-electron chi connectivity index (χ1n) is 7.86. The number of ether oxygens (including phenoxy) is 1. The molecule has 6 nitrogen and oxygen atoms in total. The van der Waals surface area contributed by atoms with Gasteiger partial charge >= 0.3 is 5.63 Å². The van der Waals surface area contributed by atoms with E-state index in [4.69, 9.17) is 9.15 Å². The van der Waals surface area contributed by atoms with Gasteiger partial charge in [0.05, 0.1) is 7.11 Å². The Morgan fingerprint density at radius 1 is 1.42 bits per heavy atom. The van der Waals surface area contributed by atoms with Crippen molar-refractivity contribution in [3.8, 4) is 5.88 Å². The lowest BCUT2D eigenvalue weighted by Gasteiger charge is -2.10. The van der Waals surface area contributed by atoms with Crippen molar-refractivity contribution in [3.63, 3.8) is 0 Å². The van der Waals surface area contributed by atoms with Gasteiger partial charge in [0.15, 0.2) is 0 Å². The average molecular weight is 330 g/mol. The van der Waals surface area contributed by atoms with Gasteiger partial charge in [0.1, 0.15) is 17.0 Å². The molecule has 0 aromatic carbocycles. The summed E-state index contributed by atoms with van der Waals surface area (Å²) in [5.41, 5.74) is 0.348. The van der Waals surface area contributed by atoms with Crippen LogP contribution in [-0.2, 0) is 6.42 Å². The summed E-state index contributed by atoms with van der Waals surface area (Å²) in [5, 5.41) is 2.64. The number of pyridine rings is 1. The first-order chi connectivity index (χ1) is 11.4. The number of carbonyl (C=O) groups excluding carboxylic acids is 1. The van der Waals surface area contributed by atoms with E-state index in [0.717, 1.165) is 6.42 Å². The van der Waals surface area contributed by atoms with E-state index < -0.39 is 11.5 Å². The van der Waals surface area contributed by atoms with Gasteiger partial charge in [0.2, 0.25) is 5.88 Å². The second kappa shape index (κ2) is 7.77. The molecule has 1 N–H and O–H groups in total. The molecule has 0 fully saturated rings. The van der Waals surface area contributed by atoms with Crippen LogP contribution < -0.4 is 15.7 Å². The molecule has 2 aromatic rings. The number of amides is 1. The number of nitrogens with one attached hydrogen (secondary N) is 1. The molecular weight excluding hydrogens is 308 g/mol. The lowest BCUT2D eigenvalue weighted by molar-refractivity contribution is 0.102. The van der Waals surface area contributed by atoms with E-state index in [0.29, 0.717) is 29.3 Å². The molecule has 1 amide bonds. The van der Waals surface area contributed by atoms with Gasteiger partial charge in [-0.2, -0.15) is 0 Å². The van der Waals surface area contributed by atoms with Crippen molar-refractivity contribution in [1.29, 1.82) is 0 Å². The van der Waals surface area contributed by atoms with Gasteiger partial charge in [0, 0.05) is 12.6 Å². The molecule has 0 spiro atoms. The van der Waals surface area contributed by atoms with Crippen molar-refractivity contribution >= 4 is 11.6 Å². The number of anilines is 1. The van der Waals surface area contributed by atoms with E-state index in [9.17, 15) is 9.59 Å². The van der Waals surface area contributed by atoms with Gasteiger partial charge in [-0.15, -0.1) is 0 Å². The molecule has 0 aliphatic rings. The Morgan fingerprint density at radius 3 is 2.79 bits per heavy atom. The second-order valence-corrected chi connectivity index (χ2v) is 6.01. The predicted molar refractivity (Wildman–Crippen MR) is 91.6 cm³/mol. The number of carbonyl (C=O) groups is 1. The smallest absolute Gasteiger partial charge is 0.349 e. The van der Waals surface area contributed by atoms with Crippen LogP contribution >= 0.6 is 0 Å². The van der Waals surface area contributed by atoms with Crippen LogP contribution in [0.2, 0.25) is 0 Å². The molecule has 2 rings (SSSR count). The third-order valence-corrected chi connectivity index (χ3v) is 3.61. The fourth-order valence-corrected chi connectivity index (χ4v) is 2.33. The van der Waals surface area contributed by atoms with Gasteiger partial charge in [-0.1, -0.05) is 13.8 Å². The second-order valence-electron chi connectivity index (χ2n) is 6.01. The number of aryl methyl sites for hydroxylation is 2. The van der Waals surface area contributed by atoms with Crippen molar-refractivity contribution in [2.45, 2.75) is 33.6 Å². The molecule has 0 saturated carbocycles. The van der Waals surface area contributed by atoms with Crippen LogP contribution in [0.25, 0.3) is 0 Å². The first kappa shape index (κ1) is 17.7. The number of hydrogen-bond donors (Lipinski definition) is 1. The maximum Gasteiger partial charge on any atom is 0.349 e. The van der Waals surface area contributed by atoms with Crippen LogP contribution in [-0.4, -0.2) is 18.0 Å². The Kier molecular flexibility index (Phi) is 5.73. The van der Waals surface area contributed by atoms with Gasteiger partial charge in [0.25, 0.3) is 5.91 Å². The highest BCUT2D eigenvalue weighted by molar-refractivity contribution is 6.05. The van der Waals surface area contributed by atoms with E-state index in [1.54, 1.807) is 31.3 Å². The molecule has 2 aromatic heterocycles. The predicted octanol–water partition coefficient (Wildman–Crippen LogP) is 3.19. The zero-order chi connectivity index (χ0) is 17.7. The van der Waals surface area contributed by atoms with Crippen LogP contribution in [0.4, 0.5) is 5.69 Å². The van der Waals surface area contributed by atoms with E-state index in [1.165, 1.54) is 7.11 Å².